The lowest BCUT2D eigenvalue weighted by molar-refractivity contribution is -0.245. The second kappa shape index (κ2) is 17.8. The molecule has 262 valence electrons. The molecule has 5 aromatic carbocycles. The minimum Gasteiger partial charge on any atom is -0.467 e. The normalized spacial score (nSPS) is 17.6. The zero-order valence-electron chi connectivity index (χ0n) is 28.4. The van der Waals surface area contributed by atoms with Crippen molar-refractivity contribution in [2.24, 2.45) is 0 Å². The summed E-state index contributed by atoms with van der Waals surface area (Å²) in [4.78, 5) is 26.6. The van der Waals surface area contributed by atoms with Gasteiger partial charge in [-0.3, -0.25) is 0 Å². The van der Waals surface area contributed by atoms with E-state index >= 15 is 0 Å². The summed E-state index contributed by atoms with van der Waals surface area (Å²) in [6.45, 7) is 0.257. The predicted octanol–water partition coefficient (Wildman–Crippen LogP) is 7.77. The Hall–Kier alpha value is -4.93. The van der Waals surface area contributed by atoms with Crippen LogP contribution in [0.4, 0.5) is 4.79 Å². The van der Waals surface area contributed by atoms with E-state index in [9.17, 15) is 14.7 Å². The Morgan fingerprint density at radius 1 is 0.804 bits per heavy atom. The number of rotatable bonds is 13. The number of carbonyl (C=O) groups is 2. The van der Waals surface area contributed by atoms with Gasteiger partial charge in [0.2, 0.25) is 0 Å². The van der Waals surface area contributed by atoms with Crippen LogP contribution in [0.2, 0.25) is 0 Å². The lowest BCUT2D eigenvalue weighted by Gasteiger charge is -2.36. The molecule has 0 saturated carbocycles. The third-order valence-electron chi connectivity index (χ3n) is 8.82. The molecule has 1 saturated heterocycles. The highest BCUT2D eigenvalue weighted by molar-refractivity contribution is 7.99. The SMILES string of the molecule is COC(=O)[C@H](Cc1ccccc1)NC(=O)NCc1ccccc1-c1ccc([C@H]2O[C@@H](CSc3ccccc3)C[C@@H](c3ccc(CO)cc3)O2)cc1. The molecule has 0 spiro atoms. The number of ether oxygens (including phenoxy) is 3. The molecule has 0 bridgehead atoms. The molecule has 0 unspecified atom stereocenters. The lowest BCUT2D eigenvalue weighted by Crippen LogP contribution is -2.47. The van der Waals surface area contributed by atoms with Gasteiger partial charge in [-0.2, -0.15) is 0 Å². The maximum Gasteiger partial charge on any atom is 0.328 e. The van der Waals surface area contributed by atoms with Crippen LogP contribution < -0.4 is 10.6 Å². The van der Waals surface area contributed by atoms with E-state index in [2.05, 4.69) is 22.8 Å². The van der Waals surface area contributed by atoms with Crippen LogP contribution in [0.5, 0.6) is 0 Å². The smallest absolute Gasteiger partial charge is 0.328 e. The van der Waals surface area contributed by atoms with Crippen molar-refractivity contribution in [1.82, 2.24) is 10.6 Å². The Kier molecular flexibility index (Phi) is 12.5. The van der Waals surface area contributed by atoms with Gasteiger partial charge in [0.1, 0.15) is 6.04 Å². The number of hydrogen-bond acceptors (Lipinski definition) is 7. The number of amides is 2. The molecule has 9 heteroatoms. The zero-order chi connectivity index (χ0) is 35.4. The molecule has 3 N–H and O–H groups in total. The summed E-state index contributed by atoms with van der Waals surface area (Å²) < 4.78 is 18.1. The van der Waals surface area contributed by atoms with Gasteiger partial charge in [0, 0.05) is 35.6 Å². The molecule has 1 aliphatic rings. The summed E-state index contributed by atoms with van der Waals surface area (Å²) in [6.07, 6.45) is 0.272. The quantitative estimate of drug-likeness (QED) is 0.0851. The van der Waals surface area contributed by atoms with E-state index in [4.69, 9.17) is 14.2 Å². The summed E-state index contributed by atoms with van der Waals surface area (Å²) in [5.74, 6) is 0.279. The molecule has 8 nitrogen and oxygen atoms in total. The van der Waals surface area contributed by atoms with E-state index in [1.807, 2.05) is 121 Å². The number of carbonyl (C=O) groups excluding carboxylic acids is 2. The minimum absolute atomic E-state index is 0.00274. The molecule has 1 aliphatic heterocycles. The summed E-state index contributed by atoms with van der Waals surface area (Å²) >= 11 is 1.77. The van der Waals surface area contributed by atoms with Crippen LogP contribution in [-0.4, -0.2) is 42.1 Å². The zero-order valence-corrected chi connectivity index (χ0v) is 29.3. The second-order valence-electron chi connectivity index (χ2n) is 12.3. The molecule has 0 aromatic heterocycles. The van der Waals surface area contributed by atoms with E-state index in [1.165, 1.54) is 12.0 Å². The molecule has 2 amide bonds. The van der Waals surface area contributed by atoms with Crippen molar-refractivity contribution >= 4 is 23.8 Å². The van der Waals surface area contributed by atoms with Crippen molar-refractivity contribution in [2.75, 3.05) is 12.9 Å². The molecular formula is C42H42N2O6S. The monoisotopic (exact) mass is 702 g/mol. The van der Waals surface area contributed by atoms with E-state index in [0.717, 1.165) is 44.7 Å². The first-order valence-corrected chi connectivity index (χ1v) is 18.0. The minimum atomic E-state index is -0.819. The molecule has 1 heterocycles. The van der Waals surface area contributed by atoms with Gasteiger partial charge in [0.05, 0.1) is 25.9 Å². The Balaban J connectivity index is 1.13. The van der Waals surface area contributed by atoms with Gasteiger partial charge in [0.15, 0.2) is 6.29 Å². The number of thioether (sulfide) groups is 1. The number of benzene rings is 5. The summed E-state index contributed by atoms with van der Waals surface area (Å²) in [6, 6.07) is 42.5. The van der Waals surface area contributed by atoms with Crippen LogP contribution in [0, 0.1) is 0 Å². The number of aliphatic hydroxyl groups excluding tert-OH is 1. The number of aliphatic hydroxyl groups is 1. The van der Waals surface area contributed by atoms with Crippen LogP contribution in [0.1, 0.15) is 46.6 Å². The molecule has 0 aliphatic carbocycles. The van der Waals surface area contributed by atoms with Gasteiger partial charge in [-0.05, 0) is 45.5 Å². The van der Waals surface area contributed by atoms with Gasteiger partial charge < -0.3 is 30.0 Å². The summed E-state index contributed by atoms with van der Waals surface area (Å²) in [5, 5.41) is 15.2. The van der Waals surface area contributed by atoms with E-state index < -0.39 is 24.3 Å². The number of esters is 1. The van der Waals surface area contributed by atoms with Crippen LogP contribution in [0.25, 0.3) is 11.1 Å². The van der Waals surface area contributed by atoms with Crippen LogP contribution in [0.15, 0.2) is 138 Å². The highest BCUT2D eigenvalue weighted by Gasteiger charge is 2.32. The van der Waals surface area contributed by atoms with Gasteiger partial charge in [-0.15, -0.1) is 11.8 Å². The Morgan fingerprint density at radius 2 is 1.47 bits per heavy atom. The molecule has 4 atom stereocenters. The summed E-state index contributed by atoms with van der Waals surface area (Å²) in [5.41, 5.74) is 6.62. The lowest BCUT2D eigenvalue weighted by atomic mass is 9.98. The van der Waals surface area contributed by atoms with Crippen molar-refractivity contribution in [2.45, 2.75) is 55.4 Å². The summed E-state index contributed by atoms with van der Waals surface area (Å²) in [7, 11) is 1.31. The first-order valence-electron chi connectivity index (χ1n) is 17.0. The molecule has 6 rings (SSSR count). The predicted molar refractivity (Wildman–Crippen MR) is 199 cm³/mol. The van der Waals surface area contributed by atoms with Crippen molar-refractivity contribution in [1.29, 1.82) is 0 Å². The van der Waals surface area contributed by atoms with Gasteiger partial charge >= 0.3 is 12.0 Å². The van der Waals surface area contributed by atoms with E-state index in [1.54, 1.807) is 11.8 Å². The van der Waals surface area contributed by atoms with Crippen LogP contribution in [-0.2, 0) is 38.6 Å². The topological polar surface area (TPSA) is 106 Å². The van der Waals surface area contributed by atoms with E-state index in [-0.39, 0.29) is 25.4 Å². The molecule has 0 radical (unpaired) electrons. The fraction of sp³-hybridized carbons (Fsp3) is 0.238. The maximum absolute atomic E-state index is 12.9. The van der Waals surface area contributed by atoms with E-state index in [0.29, 0.717) is 12.8 Å². The Labute approximate surface area is 303 Å². The van der Waals surface area contributed by atoms with Gasteiger partial charge in [-0.25, -0.2) is 9.59 Å². The van der Waals surface area contributed by atoms with Crippen molar-refractivity contribution in [3.63, 3.8) is 0 Å². The first kappa shape index (κ1) is 35.9. The highest BCUT2D eigenvalue weighted by atomic mass is 32.2. The number of hydrogen-bond donors (Lipinski definition) is 3. The van der Waals surface area contributed by atoms with Crippen LogP contribution in [0.3, 0.4) is 0 Å². The average molecular weight is 703 g/mol. The Morgan fingerprint density at radius 3 is 2.18 bits per heavy atom. The van der Waals surface area contributed by atoms with Gasteiger partial charge in [0.25, 0.3) is 0 Å². The van der Waals surface area contributed by atoms with Crippen molar-refractivity contribution < 1.29 is 28.9 Å². The third kappa shape index (κ3) is 9.86. The van der Waals surface area contributed by atoms with Crippen molar-refractivity contribution in [3.05, 3.63) is 161 Å². The van der Waals surface area contributed by atoms with Gasteiger partial charge in [-0.1, -0.05) is 121 Å². The first-order chi connectivity index (χ1) is 25.0. The fourth-order valence-electron chi connectivity index (χ4n) is 6.07. The molecule has 1 fully saturated rings. The second-order valence-corrected chi connectivity index (χ2v) is 13.4. The average Bonchev–Trinajstić information content (AvgIpc) is 3.19. The van der Waals surface area contributed by atoms with Crippen molar-refractivity contribution in [3.8, 4) is 11.1 Å². The fourth-order valence-corrected chi connectivity index (χ4v) is 7.02. The largest absolute Gasteiger partial charge is 0.467 e. The molecule has 5 aromatic rings. The standard InChI is InChI=1S/C42H42N2O6S/c1-48-40(46)38(24-29-10-4-2-5-11-29)44-42(47)43-26-34-12-8-9-15-37(34)31-20-22-33(23-21-31)41-49-35(28-51-36-13-6-3-7-14-36)25-39(50-41)32-18-16-30(27-45)17-19-32/h2-23,35,38-39,41,45H,24-28H2,1H3,(H2,43,44,47)/t35-,38+,39+,41+/m1/s1. The van der Waals surface area contributed by atoms with Crippen LogP contribution >= 0.6 is 11.8 Å². The number of urea groups is 1. The molecular weight excluding hydrogens is 661 g/mol. The Bertz CT molecular complexity index is 1850. The maximum atomic E-state index is 12.9. The number of nitrogens with one attached hydrogen (secondary N) is 2. The highest BCUT2D eigenvalue weighted by Crippen LogP contribution is 2.40. The molecule has 51 heavy (non-hydrogen) atoms. The number of methoxy groups -OCH3 is 1. The third-order valence-corrected chi connectivity index (χ3v) is 9.96.